The van der Waals surface area contributed by atoms with Gasteiger partial charge in [-0.05, 0) is 25.8 Å². The van der Waals surface area contributed by atoms with Gasteiger partial charge in [0, 0.05) is 17.2 Å². The summed E-state index contributed by atoms with van der Waals surface area (Å²) >= 11 is 0. The number of carbonyl (C=O) groups excluding carboxylic acids is 3. The second-order valence-corrected chi connectivity index (χ2v) is 7.22. The molecule has 0 saturated heterocycles. The van der Waals surface area contributed by atoms with Gasteiger partial charge >= 0.3 is 5.97 Å². The molecule has 146 valence electrons. The van der Waals surface area contributed by atoms with Crippen LogP contribution in [-0.4, -0.2) is 30.3 Å². The first kappa shape index (κ1) is 19.8. The van der Waals surface area contributed by atoms with Gasteiger partial charge in [-0.3, -0.25) is 9.59 Å². The molecule has 2 aromatic rings. The molecule has 3 rings (SSSR count). The smallest absolute Gasteiger partial charge is 0.339 e. The maximum Gasteiger partial charge on any atom is 0.339 e. The van der Waals surface area contributed by atoms with Crippen LogP contribution < -0.4 is 5.32 Å². The van der Waals surface area contributed by atoms with Crippen molar-refractivity contribution >= 4 is 17.7 Å². The number of carbonyl (C=O) groups is 3. The molecule has 5 nitrogen and oxygen atoms in total. The number of aryl methyl sites for hydroxylation is 1. The lowest BCUT2D eigenvalue weighted by Gasteiger charge is -2.22. The van der Waals surface area contributed by atoms with E-state index in [-0.39, 0.29) is 35.5 Å². The third-order valence-corrected chi connectivity index (χ3v) is 5.01. The molecule has 0 radical (unpaired) electrons. The molecule has 1 aliphatic rings. The van der Waals surface area contributed by atoms with E-state index in [1.54, 1.807) is 36.4 Å². The molecule has 0 heterocycles. The third-order valence-electron chi connectivity index (χ3n) is 5.01. The van der Waals surface area contributed by atoms with Crippen LogP contribution >= 0.6 is 0 Å². The number of nitrogens with one attached hydrogen (secondary N) is 1. The molecule has 2 aromatic carbocycles. The molecule has 0 unspecified atom stereocenters. The zero-order chi connectivity index (χ0) is 19.9. The van der Waals surface area contributed by atoms with Gasteiger partial charge in [-0.25, -0.2) is 4.79 Å². The number of hydrogen-bond acceptors (Lipinski definition) is 4. The molecule has 0 bridgehead atoms. The Morgan fingerprint density at radius 1 is 0.929 bits per heavy atom. The van der Waals surface area contributed by atoms with E-state index in [9.17, 15) is 14.4 Å². The predicted octanol–water partition coefficient (Wildman–Crippen LogP) is 3.83. The zero-order valence-corrected chi connectivity index (χ0v) is 16.1. The second-order valence-electron chi connectivity index (χ2n) is 7.22. The van der Waals surface area contributed by atoms with E-state index < -0.39 is 5.97 Å². The molecule has 1 amide bonds. The fourth-order valence-electron chi connectivity index (χ4n) is 3.44. The lowest BCUT2D eigenvalue weighted by molar-refractivity contribution is -0.125. The summed E-state index contributed by atoms with van der Waals surface area (Å²) in [7, 11) is 0. The highest BCUT2D eigenvalue weighted by Gasteiger charge is 2.21. The Balaban J connectivity index is 1.64. The Morgan fingerprint density at radius 2 is 1.57 bits per heavy atom. The number of benzene rings is 2. The summed E-state index contributed by atoms with van der Waals surface area (Å²) in [5.74, 6) is -1.23. The summed E-state index contributed by atoms with van der Waals surface area (Å²) < 4.78 is 5.17. The van der Waals surface area contributed by atoms with Crippen LogP contribution in [0.1, 0.15) is 63.9 Å². The zero-order valence-electron chi connectivity index (χ0n) is 16.1. The van der Waals surface area contributed by atoms with Gasteiger partial charge in [0.15, 0.2) is 12.4 Å². The van der Waals surface area contributed by atoms with Crippen molar-refractivity contribution in [2.75, 3.05) is 6.61 Å². The predicted molar refractivity (Wildman–Crippen MR) is 106 cm³/mol. The summed E-state index contributed by atoms with van der Waals surface area (Å²) in [5, 5.41) is 2.91. The number of ether oxygens (including phenoxy) is 1. The second kappa shape index (κ2) is 9.31. The summed E-state index contributed by atoms with van der Waals surface area (Å²) in [6, 6.07) is 13.8. The molecule has 0 aliphatic heterocycles. The van der Waals surface area contributed by atoms with Crippen molar-refractivity contribution in [1.29, 1.82) is 0 Å². The highest BCUT2D eigenvalue weighted by Crippen LogP contribution is 2.18. The number of rotatable bonds is 6. The maximum atomic E-state index is 12.8. The van der Waals surface area contributed by atoms with Crippen LogP contribution in [0.4, 0.5) is 0 Å². The fraction of sp³-hybridized carbons (Fsp3) is 0.348. The molecular formula is C23H25NO4. The number of amides is 1. The SMILES string of the molecule is Cc1ccc(C(=O)c2ccccc2C(=O)OCC(=O)NC2CCCCC2)cc1. The molecule has 5 heteroatoms. The van der Waals surface area contributed by atoms with E-state index in [2.05, 4.69) is 5.32 Å². The van der Waals surface area contributed by atoms with Gasteiger partial charge in [0.05, 0.1) is 5.56 Å². The van der Waals surface area contributed by atoms with Gasteiger partial charge in [-0.1, -0.05) is 67.3 Å². The van der Waals surface area contributed by atoms with E-state index in [0.717, 1.165) is 31.2 Å². The molecule has 28 heavy (non-hydrogen) atoms. The highest BCUT2D eigenvalue weighted by molar-refractivity contribution is 6.14. The van der Waals surface area contributed by atoms with E-state index >= 15 is 0 Å². The third kappa shape index (κ3) is 5.06. The first-order valence-corrected chi connectivity index (χ1v) is 9.71. The first-order chi connectivity index (χ1) is 13.5. The van der Waals surface area contributed by atoms with Crippen LogP contribution in [0.2, 0.25) is 0 Å². The van der Waals surface area contributed by atoms with Gasteiger partial charge in [-0.15, -0.1) is 0 Å². The van der Waals surface area contributed by atoms with Crippen molar-refractivity contribution in [1.82, 2.24) is 5.32 Å². The van der Waals surface area contributed by atoms with E-state index in [0.29, 0.717) is 5.56 Å². The average Bonchev–Trinajstić information content (AvgIpc) is 2.73. The normalized spacial score (nSPS) is 14.3. The van der Waals surface area contributed by atoms with Crippen molar-refractivity contribution in [3.63, 3.8) is 0 Å². The summed E-state index contributed by atoms with van der Waals surface area (Å²) in [6.07, 6.45) is 5.35. The molecule has 1 fully saturated rings. The lowest BCUT2D eigenvalue weighted by atomic mass is 9.95. The molecule has 1 saturated carbocycles. The van der Waals surface area contributed by atoms with Crippen LogP contribution in [0.15, 0.2) is 48.5 Å². The van der Waals surface area contributed by atoms with E-state index in [1.165, 1.54) is 6.42 Å². The van der Waals surface area contributed by atoms with Gasteiger partial charge in [0.1, 0.15) is 0 Å². The molecule has 0 atom stereocenters. The molecule has 1 N–H and O–H groups in total. The minimum absolute atomic E-state index is 0.162. The maximum absolute atomic E-state index is 12.8. The van der Waals surface area contributed by atoms with Gasteiger partial charge in [0.25, 0.3) is 5.91 Å². The lowest BCUT2D eigenvalue weighted by Crippen LogP contribution is -2.38. The van der Waals surface area contributed by atoms with Crippen molar-refractivity contribution in [2.45, 2.75) is 45.1 Å². The van der Waals surface area contributed by atoms with Crippen LogP contribution in [-0.2, 0) is 9.53 Å². The largest absolute Gasteiger partial charge is 0.452 e. The fourth-order valence-corrected chi connectivity index (χ4v) is 3.44. The number of ketones is 1. The summed E-state index contributed by atoms with van der Waals surface area (Å²) in [6.45, 7) is 1.60. The first-order valence-electron chi connectivity index (χ1n) is 9.71. The Bertz CT molecular complexity index is 851. The van der Waals surface area contributed by atoms with Gasteiger partial charge in [0.2, 0.25) is 0 Å². The van der Waals surface area contributed by atoms with Crippen molar-refractivity contribution in [3.05, 3.63) is 70.8 Å². The molecular weight excluding hydrogens is 354 g/mol. The quantitative estimate of drug-likeness (QED) is 0.612. The Kier molecular flexibility index (Phi) is 6.58. The molecule has 0 spiro atoms. The topological polar surface area (TPSA) is 72.5 Å². The van der Waals surface area contributed by atoms with Crippen LogP contribution in [0.5, 0.6) is 0 Å². The Morgan fingerprint density at radius 3 is 2.25 bits per heavy atom. The minimum atomic E-state index is -0.671. The van der Waals surface area contributed by atoms with Crippen LogP contribution in [0.25, 0.3) is 0 Å². The van der Waals surface area contributed by atoms with Crippen molar-refractivity contribution < 1.29 is 19.1 Å². The van der Waals surface area contributed by atoms with E-state index in [4.69, 9.17) is 4.74 Å². The number of hydrogen-bond donors (Lipinski definition) is 1. The molecule has 1 aliphatic carbocycles. The Labute approximate surface area is 165 Å². The minimum Gasteiger partial charge on any atom is -0.452 e. The average molecular weight is 379 g/mol. The van der Waals surface area contributed by atoms with Gasteiger partial charge < -0.3 is 10.1 Å². The monoisotopic (exact) mass is 379 g/mol. The van der Waals surface area contributed by atoms with Crippen LogP contribution in [0.3, 0.4) is 0 Å². The van der Waals surface area contributed by atoms with Gasteiger partial charge in [-0.2, -0.15) is 0 Å². The van der Waals surface area contributed by atoms with Crippen LogP contribution in [0, 0.1) is 6.92 Å². The summed E-state index contributed by atoms with van der Waals surface area (Å²) in [5.41, 5.74) is 1.98. The molecule has 0 aromatic heterocycles. The number of esters is 1. The standard InChI is InChI=1S/C23H25NO4/c1-16-11-13-17(14-12-16)22(26)19-9-5-6-10-20(19)23(27)28-15-21(25)24-18-7-3-2-4-8-18/h5-6,9-14,18H,2-4,7-8,15H2,1H3,(H,24,25). The Hall–Kier alpha value is -2.95. The summed E-state index contributed by atoms with van der Waals surface area (Å²) in [4.78, 5) is 37.4. The van der Waals surface area contributed by atoms with Crippen molar-refractivity contribution in [3.8, 4) is 0 Å². The van der Waals surface area contributed by atoms with E-state index in [1.807, 2.05) is 19.1 Å². The highest BCUT2D eigenvalue weighted by atomic mass is 16.5. The van der Waals surface area contributed by atoms with Crippen molar-refractivity contribution in [2.24, 2.45) is 0 Å².